The Labute approximate surface area is 495 Å². The summed E-state index contributed by atoms with van der Waals surface area (Å²) in [5.74, 6) is 5.11. The van der Waals surface area contributed by atoms with Gasteiger partial charge in [0.2, 0.25) is 0 Å². The zero-order chi connectivity index (χ0) is 59.2. The van der Waals surface area contributed by atoms with E-state index < -0.39 is 30.2 Å². The molecule has 3 aliphatic rings. The van der Waals surface area contributed by atoms with E-state index in [0.29, 0.717) is 11.4 Å². The number of allylic oxidation sites excluding steroid dienone is 8. The summed E-state index contributed by atoms with van der Waals surface area (Å²) in [7, 11) is 4.25. The first-order valence-corrected chi connectivity index (χ1v) is 26.6. The molecule has 2 radical (unpaired) electrons. The molecule has 8 nitrogen and oxygen atoms in total. The number of benzene rings is 5. The summed E-state index contributed by atoms with van der Waals surface area (Å²) >= 11 is 0. The van der Waals surface area contributed by atoms with E-state index in [4.69, 9.17) is 18.8 Å². The van der Waals surface area contributed by atoms with Crippen molar-refractivity contribution in [1.29, 1.82) is 0 Å². The molecule has 0 atom stereocenters. The topological polar surface area (TPSA) is 70.5 Å². The van der Waals surface area contributed by atoms with E-state index >= 15 is 0 Å². The van der Waals surface area contributed by atoms with Crippen LogP contribution in [0.4, 0.5) is 22.7 Å². The Bertz CT molecular complexity index is 4090. The van der Waals surface area contributed by atoms with Gasteiger partial charge in [-0.2, -0.15) is 23.9 Å². The molecule has 3 aromatic heterocycles. The molecule has 6 heterocycles. The van der Waals surface area contributed by atoms with Gasteiger partial charge in [0.25, 0.3) is 0 Å². The van der Waals surface area contributed by atoms with Crippen LogP contribution in [0.2, 0.25) is 0 Å². The normalized spacial score (nSPS) is 19.2. The van der Waals surface area contributed by atoms with Crippen LogP contribution in [-0.2, 0) is 37.3 Å². The van der Waals surface area contributed by atoms with E-state index in [0.717, 1.165) is 77.9 Å². The molecule has 0 aliphatic carbocycles. The fourth-order valence-electron chi connectivity index (χ4n) is 9.84. The SMILES string of the molecule is [2H]c1c([2H])c([2H])c(-c2cc(N3[CH-]N(c4c(/C5=C/C=C\N/C=C\C=C/[B]5)cc(C(C)(C)C)cc4/C4=C/C=C\N/C=C\C=C/[B]4)c4ccccc43)[c-]c(Oc3[c-]c4c(cc3)c3cc(C(C)(C)C)ccc3n4-c3cc(C(C)(C)C)ccn3)n2)c([2H])c1[2H].[Pt]. The van der Waals surface area contributed by atoms with Crippen molar-refractivity contribution in [3.8, 4) is 28.7 Å². The van der Waals surface area contributed by atoms with E-state index in [1.165, 1.54) is 5.56 Å². The maximum absolute atomic E-state index is 9.22. The van der Waals surface area contributed by atoms with Crippen LogP contribution in [0.15, 0.2) is 207 Å². The zero-order valence-electron chi connectivity index (χ0n) is 51.4. The minimum Gasteiger partial charge on any atom is -0.503 e. The van der Waals surface area contributed by atoms with E-state index in [1.807, 2.05) is 121 Å². The first kappa shape index (κ1) is 49.0. The third kappa shape index (κ3) is 11.6. The van der Waals surface area contributed by atoms with Gasteiger partial charge in [-0.05, 0) is 127 Å². The van der Waals surface area contributed by atoms with Gasteiger partial charge in [0, 0.05) is 80.4 Å². The quantitative estimate of drug-likeness (QED) is 0.116. The molecule has 0 bridgehead atoms. The monoisotopic (exact) mass is 1230 g/mol. The summed E-state index contributed by atoms with van der Waals surface area (Å²) in [5.41, 5.74) is 11.4. The van der Waals surface area contributed by atoms with E-state index in [-0.39, 0.29) is 54.4 Å². The van der Waals surface area contributed by atoms with Gasteiger partial charge in [-0.3, -0.25) is 4.98 Å². The molecule has 0 saturated heterocycles. The summed E-state index contributed by atoms with van der Waals surface area (Å²) in [6, 6.07) is 33.8. The number of aromatic nitrogens is 3. The van der Waals surface area contributed by atoms with Crippen molar-refractivity contribution in [2.75, 3.05) is 9.80 Å². The third-order valence-electron chi connectivity index (χ3n) is 14.1. The minimum absolute atomic E-state index is 0. The Morgan fingerprint density at radius 2 is 1.23 bits per heavy atom. The van der Waals surface area contributed by atoms with Gasteiger partial charge in [0.05, 0.1) is 6.85 Å². The average Bonchev–Trinajstić information content (AvgIpc) is 2.10. The molecule has 0 spiro atoms. The van der Waals surface area contributed by atoms with Crippen LogP contribution in [0.5, 0.6) is 11.6 Å². The van der Waals surface area contributed by atoms with Crippen molar-refractivity contribution in [2.24, 2.45) is 0 Å². The van der Waals surface area contributed by atoms with Gasteiger partial charge in [-0.25, -0.2) is 4.98 Å². The molecule has 0 unspecified atom stereocenters. The Balaban J connectivity index is 0.00000803. The molecule has 80 heavy (non-hydrogen) atoms. The molecule has 400 valence electrons. The molecule has 2 N–H and O–H groups in total. The largest absolute Gasteiger partial charge is 0.503 e. The fourth-order valence-corrected chi connectivity index (χ4v) is 9.84. The summed E-state index contributed by atoms with van der Waals surface area (Å²) in [6.45, 7) is 21.9. The first-order chi connectivity index (χ1) is 40.2. The summed E-state index contributed by atoms with van der Waals surface area (Å²) in [4.78, 5) is 14.1. The number of hydrogen-bond donors (Lipinski definition) is 2. The van der Waals surface area contributed by atoms with Crippen molar-refractivity contribution in [3.63, 3.8) is 0 Å². The average molecular weight is 1230 g/mol. The summed E-state index contributed by atoms with van der Waals surface area (Å²) < 4.78 is 53.5. The van der Waals surface area contributed by atoms with Crippen LogP contribution >= 0.6 is 0 Å². The smallest absolute Gasteiger partial charge is 0.182 e. The van der Waals surface area contributed by atoms with Crippen LogP contribution in [0.25, 0.3) is 49.8 Å². The summed E-state index contributed by atoms with van der Waals surface area (Å²) in [6.07, 6.45) is 25.5. The maximum atomic E-state index is 9.22. The Morgan fingerprint density at radius 1 is 0.613 bits per heavy atom. The molecule has 11 rings (SSSR count). The number of para-hydroxylation sites is 2. The molecular weight excluding hydrogens is 1160 g/mol. The molecule has 11 heteroatoms. The van der Waals surface area contributed by atoms with E-state index in [1.54, 1.807) is 6.07 Å². The van der Waals surface area contributed by atoms with Crippen LogP contribution in [0.3, 0.4) is 0 Å². The number of nitrogens with one attached hydrogen (secondary N) is 2. The predicted octanol–water partition coefficient (Wildman–Crippen LogP) is 16.3. The minimum atomic E-state index is -0.506. The van der Waals surface area contributed by atoms with Crippen LogP contribution < -0.4 is 25.2 Å². The second-order valence-electron chi connectivity index (χ2n) is 22.7. The molecular formula is C69H64B2N7OPt-3. The standard InChI is InChI=1S/C69H64B2N7O.Pt/c1-67(2,3)48-27-30-60-54(39-48)53-29-28-52(45-63(53)78(60)64-42-49(31-38-74-64)68(4,5)6)79-65-44-51(43-59(75-65)47-21-11-10-12-22-47)76-46-77(62-26-14-13-25-61(62)76)66-55(57-23-19-36-72-34-17-15-32-70-57)40-50(69(7,8)9)41-56(66)58-24-20-37-73-35-18-16-33-71-58;/h10-43,46,72-73H,1-9H3;/q-3;/b32-15-,33-16-,34-17-,35-18-,36-19-,37-20-,57-23-,58-24-;/i10D,11D,12D,21D,22D;. The van der Waals surface area contributed by atoms with Crippen molar-refractivity contribution < 1.29 is 32.7 Å². The number of hydrogen-bond acceptors (Lipinski definition) is 7. The van der Waals surface area contributed by atoms with E-state index in [9.17, 15) is 2.74 Å². The third-order valence-corrected chi connectivity index (χ3v) is 14.1. The number of pyridine rings is 2. The van der Waals surface area contributed by atoms with Crippen molar-refractivity contribution >= 4 is 70.1 Å². The van der Waals surface area contributed by atoms with Gasteiger partial charge < -0.3 is 29.7 Å². The van der Waals surface area contributed by atoms with Gasteiger partial charge in [-0.1, -0.05) is 158 Å². The van der Waals surface area contributed by atoms with Gasteiger partial charge in [0.1, 0.15) is 11.7 Å². The molecule has 5 aromatic carbocycles. The second kappa shape index (κ2) is 23.0. The fraction of sp³-hybridized carbons (Fsp3) is 0.174. The van der Waals surface area contributed by atoms with Crippen LogP contribution in [0, 0.1) is 18.8 Å². The predicted molar refractivity (Wildman–Crippen MR) is 332 cm³/mol. The van der Waals surface area contributed by atoms with Crippen molar-refractivity contribution in [2.45, 2.75) is 78.6 Å². The zero-order valence-corrected chi connectivity index (χ0v) is 48.7. The summed E-state index contributed by atoms with van der Waals surface area (Å²) in [5, 5.41) is 8.45. The van der Waals surface area contributed by atoms with Gasteiger partial charge >= 0.3 is 0 Å². The Hall–Kier alpha value is -8.06. The molecule has 0 amide bonds. The molecule has 3 aliphatic heterocycles. The first-order valence-electron chi connectivity index (χ1n) is 29.1. The molecule has 0 fully saturated rings. The van der Waals surface area contributed by atoms with Crippen LogP contribution in [-0.4, -0.2) is 29.1 Å². The number of fused-ring (bicyclic) bond motifs is 4. The van der Waals surface area contributed by atoms with Gasteiger partial charge in [0.15, 0.2) is 14.6 Å². The second-order valence-corrected chi connectivity index (χ2v) is 22.7. The Kier molecular flexibility index (Phi) is 14.1. The van der Waals surface area contributed by atoms with Crippen LogP contribution in [0.1, 0.15) is 97.0 Å². The number of nitrogens with zero attached hydrogens (tertiary/aromatic N) is 5. The number of ether oxygens (including phenoxy) is 1. The Morgan fingerprint density at radius 3 is 1.86 bits per heavy atom. The van der Waals surface area contributed by atoms with E-state index in [2.05, 4.69) is 170 Å². The van der Waals surface area contributed by atoms with Crippen molar-refractivity contribution in [3.05, 3.63) is 253 Å². The number of anilines is 4. The maximum Gasteiger partial charge on any atom is 0.182 e. The number of rotatable bonds is 8. The molecule has 0 saturated carbocycles. The van der Waals surface area contributed by atoms with Crippen molar-refractivity contribution in [1.82, 2.24) is 25.2 Å². The molecule has 8 aromatic rings. The van der Waals surface area contributed by atoms with Gasteiger partial charge in [-0.15, -0.1) is 36.1 Å².